The first-order valence-electron chi connectivity index (χ1n) is 5.66. The minimum atomic E-state index is 1.18. The molecule has 0 atom stereocenters. The van der Waals surface area contributed by atoms with Gasteiger partial charge in [0.1, 0.15) is 0 Å². The Morgan fingerprint density at radius 3 is 2.64 bits per heavy atom. The molecule has 1 nitrogen and oxygen atoms in total. The molecule has 0 aliphatic heterocycles. The summed E-state index contributed by atoms with van der Waals surface area (Å²) in [5.41, 5.74) is 1.37. The van der Waals surface area contributed by atoms with Crippen molar-refractivity contribution in [3.63, 3.8) is 0 Å². The normalized spacial score (nSPS) is 10.3. The molecule has 1 aromatic heterocycles. The Morgan fingerprint density at radius 2 is 1.93 bits per heavy atom. The summed E-state index contributed by atoms with van der Waals surface area (Å²) in [5, 5.41) is 0. The molecular weight excluding hydrogens is 170 g/mol. The topological polar surface area (TPSA) is 15.8 Å². The average molecular weight is 191 g/mol. The Morgan fingerprint density at radius 1 is 1.14 bits per heavy atom. The summed E-state index contributed by atoms with van der Waals surface area (Å²) >= 11 is 0. The Hall–Kier alpha value is -0.980. The number of H-pyrrole nitrogens is 1. The van der Waals surface area contributed by atoms with Crippen LogP contribution in [0.25, 0.3) is 0 Å². The van der Waals surface area contributed by atoms with Crippen molar-refractivity contribution in [3.05, 3.63) is 36.7 Å². The van der Waals surface area contributed by atoms with Crippen LogP contribution in [0.15, 0.2) is 31.0 Å². The first-order valence-corrected chi connectivity index (χ1v) is 5.66. The molecule has 0 aromatic carbocycles. The van der Waals surface area contributed by atoms with Gasteiger partial charge < -0.3 is 4.98 Å². The van der Waals surface area contributed by atoms with Crippen LogP contribution in [0.3, 0.4) is 0 Å². The molecule has 1 heterocycles. The molecular formula is C13H21N. The van der Waals surface area contributed by atoms with Gasteiger partial charge in [-0.05, 0) is 37.8 Å². The van der Waals surface area contributed by atoms with E-state index in [1.54, 1.807) is 0 Å². The predicted molar refractivity (Wildman–Crippen MR) is 62.4 cm³/mol. The van der Waals surface area contributed by atoms with Crippen molar-refractivity contribution < 1.29 is 0 Å². The van der Waals surface area contributed by atoms with Crippen LogP contribution in [0, 0.1) is 0 Å². The molecule has 78 valence electrons. The number of allylic oxidation sites excluding steroid dienone is 1. The summed E-state index contributed by atoms with van der Waals surface area (Å²) in [6.45, 7) is 3.72. The lowest BCUT2D eigenvalue weighted by atomic mass is 10.1. The molecule has 0 saturated carbocycles. The molecule has 0 aliphatic carbocycles. The quantitative estimate of drug-likeness (QED) is 0.470. The Bertz CT molecular complexity index is 223. The van der Waals surface area contributed by atoms with Crippen molar-refractivity contribution >= 4 is 0 Å². The largest absolute Gasteiger partial charge is 0.365 e. The van der Waals surface area contributed by atoms with Crippen molar-refractivity contribution in [2.75, 3.05) is 0 Å². The minimum Gasteiger partial charge on any atom is -0.365 e. The van der Waals surface area contributed by atoms with Crippen LogP contribution in [0.4, 0.5) is 0 Å². The molecule has 0 amide bonds. The Balaban J connectivity index is 1.87. The van der Waals surface area contributed by atoms with Crippen LogP contribution in [0.1, 0.15) is 44.2 Å². The van der Waals surface area contributed by atoms with Crippen molar-refractivity contribution in [2.45, 2.75) is 44.9 Å². The molecule has 0 aliphatic rings. The molecule has 0 bridgehead atoms. The number of unbranched alkanes of at least 4 members (excludes halogenated alkanes) is 5. The third-order valence-corrected chi connectivity index (χ3v) is 2.52. The molecule has 0 spiro atoms. The fourth-order valence-electron chi connectivity index (χ4n) is 1.66. The lowest BCUT2D eigenvalue weighted by molar-refractivity contribution is 0.615. The fourth-order valence-corrected chi connectivity index (χ4v) is 1.66. The lowest BCUT2D eigenvalue weighted by Crippen LogP contribution is -1.85. The van der Waals surface area contributed by atoms with E-state index in [-0.39, 0.29) is 0 Å². The van der Waals surface area contributed by atoms with Gasteiger partial charge in [0.05, 0.1) is 0 Å². The van der Waals surface area contributed by atoms with Gasteiger partial charge in [0.2, 0.25) is 0 Å². The van der Waals surface area contributed by atoms with Gasteiger partial charge in [-0.2, -0.15) is 0 Å². The SMILES string of the molecule is C=CCCCCCCCc1ccc[nH]1. The van der Waals surface area contributed by atoms with Crippen molar-refractivity contribution in [1.82, 2.24) is 4.98 Å². The highest BCUT2D eigenvalue weighted by Crippen LogP contribution is 2.08. The van der Waals surface area contributed by atoms with Crippen LogP contribution >= 0.6 is 0 Å². The maximum atomic E-state index is 3.72. The zero-order chi connectivity index (χ0) is 10.1. The number of hydrogen-bond donors (Lipinski definition) is 1. The standard InChI is InChI=1S/C13H21N/c1-2-3-4-5-6-7-8-10-13-11-9-12-14-13/h2,9,11-12,14H,1,3-8,10H2. The highest BCUT2D eigenvalue weighted by atomic mass is 14.7. The predicted octanol–water partition coefficient (Wildman–Crippen LogP) is 4.08. The van der Waals surface area contributed by atoms with Crippen molar-refractivity contribution in [1.29, 1.82) is 0 Å². The van der Waals surface area contributed by atoms with Gasteiger partial charge >= 0.3 is 0 Å². The van der Waals surface area contributed by atoms with Crippen LogP contribution in [0.2, 0.25) is 0 Å². The maximum absolute atomic E-state index is 3.72. The molecule has 0 radical (unpaired) electrons. The van der Waals surface area contributed by atoms with Gasteiger partial charge in [0.25, 0.3) is 0 Å². The molecule has 1 rings (SSSR count). The first kappa shape index (κ1) is 11.1. The van der Waals surface area contributed by atoms with Gasteiger partial charge in [0, 0.05) is 11.9 Å². The molecule has 0 fully saturated rings. The van der Waals surface area contributed by atoms with Gasteiger partial charge in [0.15, 0.2) is 0 Å². The van der Waals surface area contributed by atoms with E-state index in [1.807, 2.05) is 12.3 Å². The monoisotopic (exact) mass is 191 g/mol. The Kier molecular flexibility index (Phi) is 5.89. The lowest BCUT2D eigenvalue weighted by Gasteiger charge is -1.99. The van der Waals surface area contributed by atoms with Crippen LogP contribution in [-0.2, 0) is 6.42 Å². The van der Waals surface area contributed by atoms with Crippen LogP contribution < -0.4 is 0 Å². The van der Waals surface area contributed by atoms with Crippen molar-refractivity contribution in [3.8, 4) is 0 Å². The van der Waals surface area contributed by atoms with Gasteiger partial charge in [-0.3, -0.25) is 0 Å². The Labute approximate surface area is 87.2 Å². The third-order valence-electron chi connectivity index (χ3n) is 2.52. The second kappa shape index (κ2) is 7.43. The molecule has 0 unspecified atom stereocenters. The molecule has 1 aromatic rings. The van der Waals surface area contributed by atoms with E-state index >= 15 is 0 Å². The molecule has 0 saturated heterocycles. The number of aromatic nitrogens is 1. The van der Waals surface area contributed by atoms with E-state index in [2.05, 4.69) is 23.7 Å². The summed E-state index contributed by atoms with van der Waals surface area (Å²) in [4.78, 5) is 3.24. The smallest absolute Gasteiger partial charge is 0.0147 e. The number of aromatic amines is 1. The van der Waals surface area contributed by atoms with Crippen LogP contribution in [0.5, 0.6) is 0 Å². The average Bonchev–Trinajstić information content (AvgIpc) is 2.69. The second-order valence-corrected chi connectivity index (χ2v) is 3.79. The summed E-state index contributed by atoms with van der Waals surface area (Å²) in [6.07, 6.45) is 13.1. The fraction of sp³-hybridized carbons (Fsp3) is 0.538. The van der Waals surface area contributed by atoms with Crippen LogP contribution in [-0.4, -0.2) is 4.98 Å². The highest BCUT2D eigenvalue weighted by Gasteiger charge is 1.93. The zero-order valence-electron chi connectivity index (χ0n) is 8.97. The van der Waals surface area contributed by atoms with Gasteiger partial charge in [-0.25, -0.2) is 0 Å². The summed E-state index contributed by atoms with van der Waals surface area (Å²) in [5.74, 6) is 0. The van der Waals surface area contributed by atoms with Gasteiger partial charge in [-0.15, -0.1) is 6.58 Å². The number of hydrogen-bond acceptors (Lipinski definition) is 0. The van der Waals surface area contributed by atoms with E-state index in [1.165, 1.54) is 50.6 Å². The van der Waals surface area contributed by atoms with E-state index in [0.717, 1.165) is 0 Å². The van der Waals surface area contributed by atoms with Crippen molar-refractivity contribution in [2.24, 2.45) is 0 Å². The van der Waals surface area contributed by atoms with E-state index < -0.39 is 0 Å². The molecule has 1 N–H and O–H groups in total. The van der Waals surface area contributed by atoms with E-state index in [0.29, 0.717) is 0 Å². The van der Waals surface area contributed by atoms with Gasteiger partial charge in [-0.1, -0.05) is 25.3 Å². The summed E-state index contributed by atoms with van der Waals surface area (Å²) in [7, 11) is 0. The molecule has 1 heteroatoms. The zero-order valence-corrected chi connectivity index (χ0v) is 8.97. The maximum Gasteiger partial charge on any atom is 0.0147 e. The number of aryl methyl sites for hydroxylation is 1. The summed E-state index contributed by atoms with van der Waals surface area (Å²) in [6, 6.07) is 4.23. The third kappa shape index (κ3) is 4.90. The number of nitrogens with one attached hydrogen (secondary N) is 1. The highest BCUT2D eigenvalue weighted by molar-refractivity contribution is 5.03. The minimum absolute atomic E-state index is 1.18. The summed E-state index contributed by atoms with van der Waals surface area (Å²) < 4.78 is 0. The van der Waals surface area contributed by atoms with E-state index in [4.69, 9.17) is 0 Å². The van der Waals surface area contributed by atoms with E-state index in [9.17, 15) is 0 Å². The first-order chi connectivity index (χ1) is 6.93. The number of rotatable bonds is 8. The second-order valence-electron chi connectivity index (χ2n) is 3.79. The molecule has 14 heavy (non-hydrogen) atoms.